The van der Waals surface area contributed by atoms with Crippen LogP contribution in [0.4, 0.5) is 0 Å². The summed E-state index contributed by atoms with van der Waals surface area (Å²) in [5.74, 6) is -0.309. The van der Waals surface area contributed by atoms with E-state index in [1.807, 2.05) is 19.1 Å². The van der Waals surface area contributed by atoms with Gasteiger partial charge >= 0.3 is 0 Å². The maximum Gasteiger partial charge on any atom is 0.249 e. The largest absolute Gasteiger partial charge is 0.359 e. The molecule has 2 aliphatic rings. The van der Waals surface area contributed by atoms with Crippen LogP contribution in [0.2, 0.25) is 0 Å². The van der Waals surface area contributed by atoms with E-state index in [2.05, 4.69) is 17.1 Å². The number of carbonyl (C=O) groups excluding carboxylic acids is 2. The fourth-order valence-corrected chi connectivity index (χ4v) is 2.48. The predicted octanol–water partition coefficient (Wildman–Crippen LogP) is 1.35. The van der Waals surface area contributed by atoms with Gasteiger partial charge in [-0.25, -0.2) is 0 Å². The number of allylic oxidation sites excluding steroid dienone is 2. The van der Waals surface area contributed by atoms with Crippen LogP contribution in [-0.2, 0) is 9.59 Å². The number of hydrogen-bond donors (Lipinski definition) is 1. The second-order valence-electron chi connectivity index (χ2n) is 4.58. The van der Waals surface area contributed by atoms with Crippen LogP contribution in [0, 0.1) is 0 Å². The highest BCUT2D eigenvalue weighted by atomic mass is 16.2. The van der Waals surface area contributed by atoms with Gasteiger partial charge in [0.2, 0.25) is 11.8 Å². The van der Waals surface area contributed by atoms with Crippen LogP contribution < -0.4 is 5.32 Å². The Bertz CT molecular complexity index is 410. The number of piperidine rings is 1. The van der Waals surface area contributed by atoms with Crippen molar-refractivity contribution >= 4 is 11.8 Å². The van der Waals surface area contributed by atoms with E-state index in [-0.39, 0.29) is 17.9 Å². The van der Waals surface area contributed by atoms with Gasteiger partial charge in [-0.1, -0.05) is 6.08 Å². The Hall–Kier alpha value is -1.58. The zero-order valence-electron chi connectivity index (χ0n) is 10.3. The molecule has 0 aliphatic carbocycles. The summed E-state index contributed by atoms with van der Waals surface area (Å²) >= 11 is 0. The van der Waals surface area contributed by atoms with Crippen molar-refractivity contribution in [3.8, 4) is 0 Å². The molecule has 1 unspecified atom stereocenters. The molecule has 2 aliphatic heterocycles. The van der Waals surface area contributed by atoms with Crippen molar-refractivity contribution in [1.82, 2.24) is 10.2 Å². The van der Waals surface area contributed by atoms with Crippen molar-refractivity contribution in [1.29, 1.82) is 0 Å². The van der Waals surface area contributed by atoms with Gasteiger partial charge in [0, 0.05) is 18.7 Å². The van der Waals surface area contributed by atoms with Crippen molar-refractivity contribution in [2.45, 2.75) is 39.2 Å². The van der Waals surface area contributed by atoms with Gasteiger partial charge in [-0.15, -0.1) is 0 Å². The molecule has 2 amide bonds. The van der Waals surface area contributed by atoms with E-state index < -0.39 is 0 Å². The zero-order valence-corrected chi connectivity index (χ0v) is 10.3. The molecule has 2 heterocycles. The van der Waals surface area contributed by atoms with Gasteiger partial charge in [-0.05, 0) is 38.3 Å². The fraction of sp³-hybridized carbons (Fsp3) is 0.538. The normalized spacial score (nSPS) is 26.0. The number of nitrogens with zero attached hydrogens (tertiary/aromatic N) is 1. The predicted molar refractivity (Wildman–Crippen MR) is 65.0 cm³/mol. The molecule has 0 aromatic carbocycles. The molecule has 0 aromatic rings. The topological polar surface area (TPSA) is 49.4 Å². The first kappa shape index (κ1) is 11.9. The first-order valence-corrected chi connectivity index (χ1v) is 6.06. The van der Waals surface area contributed by atoms with Crippen LogP contribution in [0.15, 0.2) is 23.4 Å². The summed E-state index contributed by atoms with van der Waals surface area (Å²) < 4.78 is 0. The number of amides is 2. The number of imide groups is 1. The summed E-state index contributed by atoms with van der Waals surface area (Å²) in [5.41, 5.74) is 2.45. The van der Waals surface area contributed by atoms with E-state index in [1.54, 1.807) is 0 Å². The molecule has 17 heavy (non-hydrogen) atoms. The molecule has 92 valence electrons. The monoisotopic (exact) mass is 234 g/mol. The van der Waals surface area contributed by atoms with Crippen molar-refractivity contribution in [2.24, 2.45) is 0 Å². The molecule has 4 nitrogen and oxygen atoms in total. The van der Waals surface area contributed by atoms with Gasteiger partial charge in [0.05, 0.1) is 0 Å². The van der Waals surface area contributed by atoms with Gasteiger partial charge in [0.25, 0.3) is 0 Å². The lowest BCUT2D eigenvalue weighted by Crippen LogP contribution is -2.51. The van der Waals surface area contributed by atoms with Gasteiger partial charge in [-0.2, -0.15) is 0 Å². The van der Waals surface area contributed by atoms with Crippen LogP contribution in [-0.4, -0.2) is 29.3 Å². The molecule has 0 bridgehead atoms. The number of carbonyl (C=O) groups is 2. The summed E-state index contributed by atoms with van der Waals surface area (Å²) in [4.78, 5) is 25.1. The van der Waals surface area contributed by atoms with Gasteiger partial charge in [0.15, 0.2) is 0 Å². The fourth-order valence-electron chi connectivity index (χ4n) is 2.48. The number of hydrogen-bond acceptors (Lipinski definition) is 3. The molecule has 0 spiro atoms. The molecule has 4 heteroatoms. The molecule has 1 atom stereocenters. The Balaban J connectivity index is 2.18. The lowest BCUT2D eigenvalue weighted by molar-refractivity contribution is -0.136. The van der Waals surface area contributed by atoms with Crippen molar-refractivity contribution < 1.29 is 9.59 Å². The quantitative estimate of drug-likeness (QED) is 0.734. The third-order valence-corrected chi connectivity index (χ3v) is 3.39. The van der Waals surface area contributed by atoms with Gasteiger partial charge in [-0.3, -0.25) is 14.9 Å². The minimum absolute atomic E-state index is 0.154. The van der Waals surface area contributed by atoms with E-state index in [4.69, 9.17) is 0 Å². The molecule has 0 saturated carbocycles. The van der Waals surface area contributed by atoms with Crippen LogP contribution in [0.5, 0.6) is 0 Å². The maximum atomic E-state index is 11.8. The number of rotatable bonds is 2. The summed E-state index contributed by atoms with van der Waals surface area (Å²) in [6.07, 6.45) is 6.10. The molecule has 0 aromatic heterocycles. The molecule has 1 N–H and O–H groups in total. The minimum atomic E-state index is -0.184. The average molecular weight is 234 g/mol. The highest BCUT2D eigenvalue weighted by Crippen LogP contribution is 2.28. The summed E-state index contributed by atoms with van der Waals surface area (Å²) in [6, 6.07) is -0.184. The van der Waals surface area contributed by atoms with E-state index in [9.17, 15) is 9.59 Å². The van der Waals surface area contributed by atoms with E-state index >= 15 is 0 Å². The Morgan fingerprint density at radius 3 is 2.76 bits per heavy atom. The minimum Gasteiger partial charge on any atom is -0.359 e. The zero-order chi connectivity index (χ0) is 12.4. The van der Waals surface area contributed by atoms with Gasteiger partial charge < -0.3 is 4.90 Å². The van der Waals surface area contributed by atoms with Crippen LogP contribution in [0.1, 0.15) is 33.1 Å². The summed E-state index contributed by atoms with van der Waals surface area (Å²) in [6.45, 7) is 4.94. The summed E-state index contributed by atoms with van der Waals surface area (Å²) in [7, 11) is 0. The molecular weight excluding hydrogens is 216 g/mol. The highest BCUT2D eigenvalue weighted by Gasteiger charge is 2.34. The van der Waals surface area contributed by atoms with E-state index in [0.717, 1.165) is 18.7 Å². The standard InChI is InChI=1S/C13H18N2O2/c1-3-4-10-9(2)7-8-15(10)11-5-6-12(16)14-13(11)17/h3-4,11H,5-8H2,1-2H3,(H,14,16,17)/b4-3-. The molecule has 1 saturated heterocycles. The van der Waals surface area contributed by atoms with Crippen LogP contribution in [0.25, 0.3) is 0 Å². The van der Waals surface area contributed by atoms with Crippen molar-refractivity contribution in [3.63, 3.8) is 0 Å². The van der Waals surface area contributed by atoms with Crippen LogP contribution in [0.3, 0.4) is 0 Å². The van der Waals surface area contributed by atoms with E-state index in [0.29, 0.717) is 12.8 Å². The van der Waals surface area contributed by atoms with Gasteiger partial charge in [0.1, 0.15) is 6.04 Å². The third kappa shape index (κ3) is 2.25. The molecule has 2 rings (SSSR count). The summed E-state index contributed by atoms with van der Waals surface area (Å²) in [5, 5.41) is 2.42. The van der Waals surface area contributed by atoms with Crippen molar-refractivity contribution in [3.05, 3.63) is 23.4 Å². The first-order valence-electron chi connectivity index (χ1n) is 6.06. The Labute approximate surface area is 101 Å². The first-order chi connectivity index (χ1) is 8.13. The third-order valence-electron chi connectivity index (χ3n) is 3.39. The molecular formula is C13H18N2O2. The molecule has 0 radical (unpaired) electrons. The second-order valence-corrected chi connectivity index (χ2v) is 4.58. The SMILES string of the molecule is C/C=C\C1=C(C)CCN1C1CCC(=O)NC1=O. The lowest BCUT2D eigenvalue weighted by atomic mass is 10.0. The number of nitrogens with one attached hydrogen (secondary N) is 1. The Morgan fingerprint density at radius 2 is 2.12 bits per heavy atom. The van der Waals surface area contributed by atoms with Crippen molar-refractivity contribution in [2.75, 3.05) is 6.54 Å². The Morgan fingerprint density at radius 1 is 1.35 bits per heavy atom. The second kappa shape index (κ2) is 4.73. The highest BCUT2D eigenvalue weighted by molar-refractivity contribution is 6.00. The smallest absolute Gasteiger partial charge is 0.249 e. The maximum absolute atomic E-state index is 11.8. The van der Waals surface area contributed by atoms with Crippen LogP contribution >= 0.6 is 0 Å². The van der Waals surface area contributed by atoms with E-state index in [1.165, 1.54) is 5.57 Å². The average Bonchev–Trinajstić information content (AvgIpc) is 2.62. The molecule has 1 fully saturated rings. The Kier molecular flexibility index (Phi) is 3.31. The lowest BCUT2D eigenvalue weighted by Gasteiger charge is -2.32.